The highest BCUT2D eigenvalue weighted by Gasteiger charge is 2.22. The third-order valence-electron chi connectivity index (χ3n) is 4.33. The summed E-state index contributed by atoms with van der Waals surface area (Å²) in [7, 11) is 4.04. The second-order valence-electron chi connectivity index (χ2n) is 6.38. The summed E-state index contributed by atoms with van der Waals surface area (Å²) in [5.41, 5.74) is 5.54. The molecule has 134 valence electrons. The number of benzene rings is 2. The molecule has 0 unspecified atom stereocenters. The van der Waals surface area contributed by atoms with E-state index in [4.69, 9.17) is 4.74 Å². The largest absolute Gasteiger partial charge is 0.462 e. The van der Waals surface area contributed by atoms with Crippen molar-refractivity contribution in [1.29, 1.82) is 0 Å². The summed E-state index contributed by atoms with van der Waals surface area (Å²) in [6.07, 6.45) is 0. The fourth-order valence-electron chi connectivity index (χ4n) is 3.13. The molecule has 3 aromatic rings. The molecule has 0 spiro atoms. The van der Waals surface area contributed by atoms with Crippen molar-refractivity contribution in [2.24, 2.45) is 0 Å². The van der Waals surface area contributed by atoms with E-state index in [2.05, 4.69) is 27.7 Å². The molecular weight excluding hydrogens is 324 g/mol. The Hall–Kier alpha value is -3.01. The molecule has 4 heteroatoms. The molecule has 0 N–H and O–H groups in total. The number of rotatable bonds is 5. The minimum Gasteiger partial charge on any atom is -0.462 e. The van der Waals surface area contributed by atoms with Crippen LogP contribution in [-0.4, -0.2) is 31.2 Å². The highest BCUT2D eigenvalue weighted by atomic mass is 16.5. The van der Waals surface area contributed by atoms with Gasteiger partial charge in [0.1, 0.15) is 0 Å². The van der Waals surface area contributed by atoms with Gasteiger partial charge in [0, 0.05) is 31.2 Å². The van der Waals surface area contributed by atoms with Crippen molar-refractivity contribution < 1.29 is 9.53 Å². The topological polar surface area (TPSA) is 34.5 Å². The molecule has 0 aliphatic heterocycles. The van der Waals surface area contributed by atoms with E-state index in [1.807, 2.05) is 70.4 Å². The fourth-order valence-corrected chi connectivity index (χ4v) is 3.13. The van der Waals surface area contributed by atoms with Gasteiger partial charge in [-0.3, -0.25) is 0 Å². The first kappa shape index (κ1) is 17.8. The second-order valence-corrected chi connectivity index (χ2v) is 6.38. The Morgan fingerprint density at radius 1 is 1.04 bits per heavy atom. The van der Waals surface area contributed by atoms with Crippen molar-refractivity contribution in [2.45, 2.75) is 13.8 Å². The van der Waals surface area contributed by atoms with Crippen molar-refractivity contribution in [3.8, 4) is 16.9 Å². The van der Waals surface area contributed by atoms with Gasteiger partial charge in [-0.15, -0.1) is 0 Å². The molecule has 0 aliphatic carbocycles. The van der Waals surface area contributed by atoms with Crippen LogP contribution in [0.1, 0.15) is 23.0 Å². The summed E-state index contributed by atoms with van der Waals surface area (Å²) in [6.45, 7) is 4.19. The quantitative estimate of drug-likeness (QED) is 0.627. The van der Waals surface area contributed by atoms with Gasteiger partial charge in [0.25, 0.3) is 0 Å². The van der Waals surface area contributed by atoms with E-state index in [0.29, 0.717) is 12.2 Å². The van der Waals surface area contributed by atoms with Crippen molar-refractivity contribution in [1.82, 2.24) is 4.57 Å². The van der Waals surface area contributed by atoms with Crippen molar-refractivity contribution >= 4 is 11.7 Å². The SMILES string of the molecule is CCOC(=O)c1cc(C)n(-c2cccc(N(C)C)c2)c1-c1ccccc1. The predicted molar refractivity (Wildman–Crippen MR) is 106 cm³/mol. The number of nitrogens with zero attached hydrogens (tertiary/aromatic N) is 2. The van der Waals surface area contributed by atoms with Gasteiger partial charge in [-0.1, -0.05) is 36.4 Å². The molecule has 4 nitrogen and oxygen atoms in total. The summed E-state index contributed by atoms with van der Waals surface area (Å²) < 4.78 is 7.42. The van der Waals surface area contributed by atoms with Crippen molar-refractivity contribution in [3.63, 3.8) is 0 Å². The van der Waals surface area contributed by atoms with Crippen molar-refractivity contribution in [2.75, 3.05) is 25.6 Å². The molecule has 2 aromatic carbocycles. The molecule has 0 aliphatic rings. The molecule has 0 saturated carbocycles. The maximum absolute atomic E-state index is 12.6. The van der Waals surface area contributed by atoms with Crippen LogP contribution < -0.4 is 4.90 Å². The normalized spacial score (nSPS) is 10.6. The van der Waals surface area contributed by atoms with Crippen LogP contribution in [0.4, 0.5) is 5.69 Å². The lowest BCUT2D eigenvalue weighted by atomic mass is 10.1. The van der Waals surface area contributed by atoms with Gasteiger partial charge >= 0.3 is 5.97 Å². The summed E-state index contributed by atoms with van der Waals surface area (Å²) in [5, 5.41) is 0. The minimum atomic E-state index is -0.294. The molecule has 0 radical (unpaired) electrons. The van der Waals surface area contributed by atoms with Gasteiger partial charge < -0.3 is 14.2 Å². The van der Waals surface area contributed by atoms with Crippen molar-refractivity contribution in [3.05, 3.63) is 71.9 Å². The first-order valence-electron chi connectivity index (χ1n) is 8.75. The second kappa shape index (κ2) is 7.48. The van der Waals surface area contributed by atoms with Crippen LogP contribution in [0.15, 0.2) is 60.7 Å². The van der Waals surface area contributed by atoms with E-state index in [1.165, 1.54) is 0 Å². The van der Waals surface area contributed by atoms with Crippen LogP contribution >= 0.6 is 0 Å². The number of hydrogen-bond donors (Lipinski definition) is 0. The molecule has 26 heavy (non-hydrogen) atoms. The Balaban J connectivity index is 2.25. The lowest BCUT2D eigenvalue weighted by Gasteiger charge is -2.17. The number of aryl methyl sites for hydroxylation is 1. The van der Waals surface area contributed by atoms with E-state index in [1.54, 1.807) is 0 Å². The number of hydrogen-bond acceptors (Lipinski definition) is 3. The van der Waals surface area contributed by atoms with E-state index in [9.17, 15) is 4.79 Å². The third kappa shape index (κ3) is 3.36. The van der Waals surface area contributed by atoms with Gasteiger partial charge in [0.05, 0.1) is 17.9 Å². The highest BCUT2D eigenvalue weighted by Crippen LogP contribution is 2.32. The summed E-state index contributed by atoms with van der Waals surface area (Å²) in [6, 6.07) is 20.1. The number of carbonyl (C=O) groups is 1. The highest BCUT2D eigenvalue weighted by molar-refractivity contribution is 5.97. The molecule has 1 aromatic heterocycles. The zero-order chi connectivity index (χ0) is 18.7. The molecule has 1 heterocycles. The lowest BCUT2D eigenvalue weighted by Crippen LogP contribution is -2.10. The van der Waals surface area contributed by atoms with E-state index >= 15 is 0 Å². The van der Waals surface area contributed by atoms with Gasteiger partial charge in [-0.05, 0) is 43.7 Å². The molecule has 0 fully saturated rings. The predicted octanol–water partition coefficient (Wildman–Crippen LogP) is 4.70. The molecule has 0 saturated heterocycles. The van der Waals surface area contributed by atoms with Crippen LogP contribution in [0.3, 0.4) is 0 Å². The smallest absolute Gasteiger partial charge is 0.340 e. The average molecular weight is 348 g/mol. The fraction of sp³-hybridized carbons (Fsp3) is 0.227. The van der Waals surface area contributed by atoms with Gasteiger partial charge in [-0.25, -0.2) is 4.79 Å². The van der Waals surface area contributed by atoms with Gasteiger partial charge in [0.2, 0.25) is 0 Å². The van der Waals surface area contributed by atoms with Crippen LogP contribution in [-0.2, 0) is 4.74 Å². The Morgan fingerprint density at radius 3 is 2.42 bits per heavy atom. The maximum Gasteiger partial charge on any atom is 0.340 e. The summed E-state index contributed by atoms with van der Waals surface area (Å²) in [4.78, 5) is 14.6. The van der Waals surface area contributed by atoms with Crippen LogP contribution in [0, 0.1) is 6.92 Å². The van der Waals surface area contributed by atoms with E-state index in [-0.39, 0.29) is 5.97 Å². The summed E-state index contributed by atoms with van der Waals surface area (Å²) >= 11 is 0. The Labute approximate surface area is 154 Å². The first-order chi connectivity index (χ1) is 12.5. The van der Waals surface area contributed by atoms with Gasteiger partial charge in [0.15, 0.2) is 0 Å². The van der Waals surface area contributed by atoms with Gasteiger partial charge in [-0.2, -0.15) is 0 Å². The molecule has 0 amide bonds. The maximum atomic E-state index is 12.6. The zero-order valence-corrected chi connectivity index (χ0v) is 15.7. The average Bonchev–Trinajstić information content (AvgIpc) is 3.00. The molecular formula is C22H24N2O2. The molecule has 0 atom stereocenters. The Kier molecular flexibility index (Phi) is 5.12. The number of aromatic nitrogens is 1. The van der Waals surface area contributed by atoms with Crippen LogP contribution in [0.2, 0.25) is 0 Å². The monoisotopic (exact) mass is 348 g/mol. The molecule has 0 bridgehead atoms. The number of carbonyl (C=O) groups excluding carboxylic acids is 1. The lowest BCUT2D eigenvalue weighted by molar-refractivity contribution is 0.0527. The van der Waals surface area contributed by atoms with Crippen LogP contribution in [0.5, 0.6) is 0 Å². The standard InChI is InChI=1S/C22H24N2O2/c1-5-26-22(25)20-14-16(2)24(21(20)17-10-7-6-8-11-17)19-13-9-12-18(15-19)23(3)4/h6-15H,5H2,1-4H3. The summed E-state index contributed by atoms with van der Waals surface area (Å²) in [5.74, 6) is -0.294. The Bertz CT molecular complexity index is 911. The minimum absolute atomic E-state index is 0.294. The third-order valence-corrected chi connectivity index (χ3v) is 4.33. The first-order valence-corrected chi connectivity index (χ1v) is 8.75. The van der Waals surface area contributed by atoms with Crippen LogP contribution in [0.25, 0.3) is 16.9 Å². The Morgan fingerprint density at radius 2 is 1.77 bits per heavy atom. The van der Waals surface area contributed by atoms with E-state index < -0.39 is 0 Å². The molecule has 3 rings (SSSR count). The zero-order valence-electron chi connectivity index (χ0n) is 15.7. The number of ether oxygens (including phenoxy) is 1. The number of anilines is 1. The number of esters is 1. The van der Waals surface area contributed by atoms with E-state index in [0.717, 1.165) is 28.3 Å².